The monoisotopic (exact) mass is 353 g/mol. The molecule has 1 atom stereocenters. The number of carbonyl (C=O) groups is 1. The molecular weight excluding hydrogens is 330 g/mol. The Balaban J connectivity index is 1.40. The number of carbonyl (C=O) groups excluding carboxylic acids is 1. The number of nitrogens with one attached hydrogen (secondary N) is 1. The summed E-state index contributed by atoms with van der Waals surface area (Å²) in [5.74, 6) is 1.90. The van der Waals surface area contributed by atoms with Crippen molar-refractivity contribution in [2.75, 3.05) is 18.5 Å². The Labute approximate surface area is 153 Å². The Bertz CT molecular complexity index is 818. The third kappa shape index (κ3) is 3.62. The highest BCUT2D eigenvalue weighted by atomic mass is 16.6. The molecule has 0 unspecified atom stereocenters. The number of hydrogen-bond acceptors (Lipinski definition) is 4. The van der Waals surface area contributed by atoms with Crippen LogP contribution in [0, 0.1) is 0 Å². The highest BCUT2D eigenvalue weighted by Crippen LogP contribution is 2.32. The minimum atomic E-state index is -0.593. The van der Waals surface area contributed by atoms with Crippen molar-refractivity contribution in [1.82, 2.24) is 0 Å². The van der Waals surface area contributed by atoms with E-state index in [4.69, 9.17) is 14.2 Å². The maximum absolute atomic E-state index is 12.5. The first-order chi connectivity index (χ1) is 12.7. The predicted octanol–water partition coefficient (Wildman–Crippen LogP) is 3.74. The summed E-state index contributed by atoms with van der Waals surface area (Å²) >= 11 is 0. The molecule has 2 aromatic carbocycles. The number of amides is 1. The second kappa shape index (κ2) is 7.28. The van der Waals surface area contributed by atoms with Crippen LogP contribution >= 0.6 is 0 Å². The van der Waals surface area contributed by atoms with Gasteiger partial charge in [-0.2, -0.15) is 0 Å². The molecule has 0 saturated heterocycles. The lowest BCUT2D eigenvalue weighted by atomic mass is 9.92. The molecule has 0 aromatic heterocycles. The summed E-state index contributed by atoms with van der Waals surface area (Å²) in [4.78, 5) is 12.5. The molecule has 1 heterocycles. The molecule has 0 saturated carbocycles. The third-order valence-corrected chi connectivity index (χ3v) is 4.81. The van der Waals surface area contributed by atoms with E-state index in [0.717, 1.165) is 18.6 Å². The highest BCUT2D eigenvalue weighted by Gasteiger charge is 2.18. The topological polar surface area (TPSA) is 56.8 Å². The fourth-order valence-corrected chi connectivity index (χ4v) is 3.41. The van der Waals surface area contributed by atoms with E-state index in [9.17, 15) is 4.79 Å². The molecule has 1 aliphatic carbocycles. The Morgan fingerprint density at radius 2 is 1.77 bits per heavy atom. The highest BCUT2D eigenvalue weighted by molar-refractivity contribution is 5.94. The van der Waals surface area contributed by atoms with Gasteiger partial charge in [0.2, 0.25) is 0 Å². The first kappa shape index (κ1) is 16.8. The van der Waals surface area contributed by atoms with E-state index in [2.05, 4.69) is 17.4 Å². The van der Waals surface area contributed by atoms with Crippen molar-refractivity contribution in [1.29, 1.82) is 0 Å². The Kier molecular flexibility index (Phi) is 4.69. The second-order valence-electron chi connectivity index (χ2n) is 6.75. The van der Waals surface area contributed by atoms with Gasteiger partial charge in [-0.15, -0.1) is 0 Å². The average molecular weight is 353 g/mol. The van der Waals surface area contributed by atoms with Gasteiger partial charge in [-0.1, -0.05) is 6.07 Å². The van der Waals surface area contributed by atoms with Gasteiger partial charge in [0, 0.05) is 11.8 Å². The van der Waals surface area contributed by atoms with Crippen molar-refractivity contribution < 1.29 is 19.0 Å². The molecule has 1 N–H and O–H groups in total. The standard InChI is InChI=1S/C21H23NO4/c1-14(26-18-8-6-15-4-2-3-5-16(15)12-18)21(23)22-17-7-9-19-20(13-17)25-11-10-24-19/h6-9,12-14H,2-5,10-11H2,1H3,(H,22,23)/t14-/m1/s1. The van der Waals surface area contributed by atoms with Crippen molar-refractivity contribution in [3.05, 3.63) is 47.5 Å². The van der Waals surface area contributed by atoms with E-state index in [1.54, 1.807) is 25.1 Å². The maximum atomic E-state index is 12.5. The van der Waals surface area contributed by atoms with Gasteiger partial charge in [-0.3, -0.25) is 4.79 Å². The first-order valence-electron chi connectivity index (χ1n) is 9.18. The van der Waals surface area contributed by atoms with Crippen molar-refractivity contribution in [3.63, 3.8) is 0 Å². The average Bonchev–Trinajstić information content (AvgIpc) is 2.67. The van der Waals surface area contributed by atoms with Crippen LogP contribution in [0.2, 0.25) is 0 Å². The largest absolute Gasteiger partial charge is 0.486 e. The van der Waals surface area contributed by atoms with Crippen LogP contribution in [0.3, 0.4) is 0 Å². The molecule has 1 aliphatic heterocycles. The van der Waals surface area contributed by atoms with Gasteiger partial charge >= 0.3 is 0 Å². The smallest absolute Gasteiger partial charge is 0.265 e. The van der Waals surface area contributed by atoms with Crippen LogP contribution in [-0.2, 0) is 17.6 Å². The summed E-state index contributed by atoms with van der Waals surface area (Å²) in [5.41, 5.74) is 3.41. The molecule has 0 radical (unpaired) electrons. The van der Waals surface area contributed by atoms with E-state index in [1.165, 1.54) is 24.0 Å². The third-order valence-electron chi connectivity index (χ3n) is 4.81. The van der Waals surface area contributed by atoms with Gasteiger partial charge in [0.1, 0.15) is 19.0 Å². The number of ether oxygens (including phenoxy) is 3. The number of aryl methyl sites for hydroxylation is 2. The number of anilines is 1. The zero-order chi connectivity index (χ0) is 17.9. The summed E-state index contributed by atoms with van der Waals surface area (Å²) < 4.78 is 16.9. The Morgan fingerprint density at radius 1 is 1.00 bits per heavy atom. The lowest BCUT2D eigenvalue weighted by Gasteiger charge is -2.20. The first-order valence-corrected chi connectivity index (χ1v) is 9.18. The van der Waals surface area contributed by atoms with E-state index in [0.29, 0.717) is 30.4 Å². The van der Waals surface area contributed by atoms with E-state index in [1.807, 2.05) is 6.07 Å². The summed E-state index contributed by atoms with van der Waals surface area (Å²) in [5, 5.41) is 2.87. The Morgan fingerprint density at radius 3 is 2.62 bits per heavy atom. The van der Waals surface area contributed by atoms with Gasteiger partial charge in [0.15, 0.2) is 17.6 Å². The predicted molar refractivity (Wildman–Crippen MR) is 99.2 cm³/mol. The van der Waals surface area contributed by atoms with Gasteiger partial charge in [-0.05, 0) is 68.0 Å². The van der Waals surface area contributed by atoms with E-state index < -0.39 is 6.10 Å². The summed E-state index contributed by atoms with van der Waals surface area (Å²) in [6.07, 6.45) is 4.10. The van der Waals surface area contributed by atoms with Gasteiger partial charge in [0.05, 0.1) is 0 Å². The maximum Gasteiger partial charge on any atom is 0.265 e. The normalized spacial score (nSPS) is 16.3. The molecule has 5 nitrogen and oxygen atoms in total. The number of rotatable bonds is 4. The quantitative estimate of drug-likeness (QED) is 0.910. The van der Waals surface area contributed by atoms with Gasteiger partial charge < -0.3 is 19.5 Å². The fraction of sp³-hybridized carbons (Fsp3) is 0.381. The number of hydrogen-bond donors (Lipinski definition) is 1. The second-order valence-corrected chi connectivity index (χ2v) is 6.75. The Hall–Kier alpha value is -2.69. The lowest BCUT2D eigenvalue weighted by molar-refractivity contribution is -0.122. The molecule has 5 heteroatoms. The zero-order valence-corrected chi connectivity index (χ0v) is 14.9. The van der Waals surface area contributed by atoms with Crippen LogP contribution in [0.4, 0.5) is 5.69 Å². The van der Waals surface area contributed by atoms with Crippen LogP contribution in [0.5, 0.6) is 17.2 Å². The molecule has 26 heavy (non-hydrogen) atoms. The number of benzene rings is 2. The van der Waals surface area contributed by atoms with Crippen LogP contribution in [0.25, 0.3) is 0 Å². The van der Waals surface area contributed by atoms with Crippen LogP contribution in [0.1, 0.15) is 30.9 Å². The van der Waals surface area contributed by atoms with E-state index in [-0.39, 0.29) is 5.91 Å². The molecule has 136 valence electrons. The van der Waals surface area contributed by atoms with E-state index >= 15 is 0 Å². The molecule has 2 aliphatic rings. The molecule has 2 aromatic rings. The fourth-order valence-electron chi connectivity index (χ4n) is 3.41. The van der Waals surface area contributed by atoms with Crippen LogP contribution in [0.15, 0.2) is 36.4 Å². The van der Waals surface area contributed by atoms with Crippen LogP contribution < -0.4 is 19.5 Å². The van der Waals surface area contributed by atoms with Crippen molar-refractivity contribution >= 4 is 11.6 Å². The van der Waals surface area contributed by atoms with Gasteiger partial charge in [0.25, 0.3) is 5.91 Å². The van der Waals surface area contributed by atoms with Crippen molar-refractivity contribution in [3.8, 4) is 17.2 Å². The molecule has 4 rings (SSSR count). The minimum Gasteiger partial charge on any atom is -0.486 e. The molecule has 0 fully saturated rings. The molecule has 0 bridgehead atoms. The summed E-state index contributed by atoms with van der Waals surface area (Å²) in [6, 6.07) is 11.5. The van der Waals surface area contributed by atoms with Crippen molar-refractivity contribution in [2.45, 2.75) is 38.7 Å². The lowest BCUT2D eigenvalue weighted by Crippen LogP contribution is -2.30. The SMILES string of the molecule is C[C@@H](Oc1ccc2c(c1)CCCC2)C(=O)Nc1ccc2c(c1)OCCO2. The zero-order valence-electron chi connectivity index (χ0n) is 14.9. The summed E-state index contributed by atoms with van der Waals surface area (Å²) in [6.45, 7) is 2.82. The number of fused-ring (bicyclic) bond motifs is 2. The minimum absolute atomic E-state index is 0.195. The molecular formula is C21H23NO4. The summed E-state index contributed by atoms with van der Waals surface area (Å²) in [7, 11) is 0. The van der Waals surface area contributed by atoms with Crippen LogP contribution in [-0.4, -0.2) is 25.2 Å². The molecule has 0 spiro atoms. The van der Waals surface area contributed by atoms with Crippen molar-refractivity contribution in [2.24, 2.45) is 0 Å². The molecule has 1 amide bonds. The van der Waals surface area contributed by atoms with Gasteiger partial charge in [-0.25, -0.2) is 0 Å².